The van der Waals surface area contributed by atoms with Crippen molar-refractivity contribution < 1.29 is 4.79 Å². The van der Waals surface area contributed by atoms with E-state index >= 15 is 0 Å². The Kier molecular flexibility index (Phi) is 4.29. The molecule has 22 heavy (non-hydrogen) atoms. The van der Waals surface area contributed by atoms with E-state index in [1.54, 1.807) is 0 Å². The van der Waals surface area contributed by atoms with Crippen LogP contribution < -0.4 is 0 Å². The van der Waals surface area contributed by atoms with Gasteiger partial charge in [0.05, 0.1) is 5.52 Å². The molecule has 1 heterocycles. The molecule has 1 aromatic heterocycles. The van der Waals surface area contributed by atoms with Gasteiger partial charge < -0.3 is 0 Å². The van der Waals surface area contributed by atoms with Gasteiger partial charge in [-0.1, -0.05) is 55.8 Å². The van der Waals surface area contributed by atoms with Crippen LogP contribution in [-0.2, 0) is 12.8 Å². The van der Waals surface area contributed by atoms with Crippen LogP contribution in [0.15, 0.2) is 54.7 Å². The van der Waals surface area contributed by atoms with Gasteiger partial charge in [0.25, 0.3) is 0 Å². The molecule has 110 valence electrons. The lowest BCUT2D eigenvalue weighted by Gasteiger charge is -2.08. The zero-order valence-electron chi connectivity index (χ0n) is 12.8. The van der Waals surface area contributed by atoms with Crippen molar-refractivity contribution in [2.75, 3.05) is 0 Å². The van der Waals surface area contributed by atoms with E-state index < -0.39 is 0 Å². The molecule has 0 atom stereocenters. The average molecular weight is 289 g/mol. The molecule has 0 radical (unpaired) electrons. The number of benzene rings is 2. The van der Waals surface area contributed by atoms with Crippen LogP contribution in [-0.4, -0.2) is 11.3 Å². The zero-order valence-corrected chi connectivity index (χ0v) is 12.8. The summed E-state index contributed by atoms with van der Waals surface area (Å²) in [6.07, 6.45) is 5.77. The minimum atomic E-state index is 0.734. The van der Waals surface area contributed by atoms with Crippen LogP contribution in [0.3, 0.4) is 0 Å². The Morgan fingerprint density at radius 2 is 1.73 bits per heavy atom. The van der Waals surface area contributed by atoms with Gasteiger partial charge in [0.1, 0.15) is 0 Å². The van der Waals surface area contributed by atoms with E-state index in [9.17, 15) is 4.79 Å². The standard InChI is InChI=1S/C20H19NO/c1-2-5-15-8-10-16(11-9-15)12-17-13-21-20-7-4-3-6-18(20)19(17)14-22/h3-4,6-11,13-14H,2,5,12H2,1H3. The largest absolute Gasteiger partial charge is 0.298 e. The van der Waals surface area contributed by atoms with E-state index in [4.69, 9.17) is 0 Å². The number of hydrogen-bond acceptors (Lipinski definition) is 2. The normalized spacial score (nSPS) is 10.8. The highest BCUT2D eigenvalue weighted by Gasteiger charge is 2.08. The first-order chi connectivity index (χ1) is 10.8. The maximum Gasteiger partial charge on any atom is 0.151 e. The third-order valence-corrected chi connectivity index (χ3v) is 3.97. The van der Waals surface area contributed by atoms with Crippen molar-refractivity contribution in [1.82, 2.24) is 4.98 Å². The molecule has 3 rings (SSSR count). The van der Waals surface area contributed by atoms with E-state index in [-0.39, 0.29) is 0 Å². The second-order valence-corrected chi connectivity index (χ2v) is 5.58. The molecule has 2 aromatic carbocycles. The molecular formula is C20H19NO. The molecule has 0 unspecified atom stereocenters. The fourth-order valence-electron chi connectivity index (χ4n) is 2.82. The van der Waals surface area contributed by atoms with Gasteiger partial charge in [-0.05, 0) is 35.6 Å². The Balaban J connectivity index is 1.94. The number of aldehydes is 1. The number of fused-ring (bicyclic) bond motifs is 1. The van der Waals surface area contributed by atoms with Crippen LogP contribution in [0.2, 0.25) is 0 Å². The summed E-state index contributed by atoms with van der Waals surface area (Å²) in [5, 5.41) is 0.928. The maximum atomic E-state index is 11.5. The Labute approximate surface area is 130 Å². The zero-order chi connectivity index (χ0) is 15.4. The van der Waals surface area contributed by atoms with Gasteiger partial charge in [-0.2, -0.15) is 0 Å². The minimum Gasteiger partial charge on any atom is -0.298 e. The van der Waals surface area contributed by atoms with Gasteiger partial charge in [0, 0.05) is 17.1 Å². The van der Waals surface area contributed by atoms with Crippen LogP contribution in [0.25, 0.3) is 10.9 Å². The second kappa shape index (κ2) is 6.52. The number of nitrogens with zero attached hydrogens (tertiary/aromatic N) is 1. The van der Waals surface area contributed by atoms with Crippen LogP contribution >= 0.6 is 0 Å². The van der Waals surface area contributed by atoms with Crippen molar-refractivity contribution in [3.63, 3.8) is 0 Å². The quantitative estimate of drug-likeness (QED) is 0.643. The molecule has 0 N–H and O–H groups in total. The first-order valence-electron chi connectivity index (χ1n) is 7.71. The smallest absolute Gasteiger partial charge is 0.151 e. The molecule has 0 spiro atoms. The number of carbonyl (C=O) groups is 1. The number of rotatable bonds is 5. The van der Waals surface area contributed by atoms with Gasteiger partial charge in [-0.15, -0.1) is 0 Å². The summed E-state index contributed by atoms with van der Waals surface area (Å²) in [5.74, 6) is 0. The maximum absolute atomic E-state index is 11.5. The minimum absolute atomic E-state index is 0.734. The predicted octanol–water partition coefficient (Wildman–Crippen LogP) is 4.59. The number of hydrogen-bond donors (Lipinski definition) is 0. The number of aromatic nitrogens is 1. The summed E-state index contributed by atoms with van der Waals surface area (Å²) in [6, 6.07) is 16.4. The lowest BCUT2D eigenvalue weighted by Crippen LogP contribution is -1.98. The highest BCUT2D eigenvalue weighted by atomic mass is 16.1. The summed E-state index contributed by atoms with van der Waals surface area (Å²) < 4.78 is 0. The number of pyridine rings is 1. The summed E-state index contributed by atoms with van der Waals surface area (Å²) in [7, 11) is 0. The van der Waals surface area contributed by atoms with Crippen LogP contribution in [0.1, 0.15) is 40.4 Å². The van der Waals surface area contributed by atoms with E-state index in [2.05, 4.69) is 36.2 Å². The van der Waals surface area contributed by atoms with Gasteiger partial charge in [0.15, 0.2) is 6.29 Å². The van der Waals surface area contributed by atoms with Crippen molar-refractivity contribution in [3.8, 4) is 0 Å². The monoisotopic (exact) mass is 289 g/mol. The number of carbonyl (C=O) groups excluding carboxylic acids is 1. The van der Waals surface area contributed by atoms with Gasteiger partial charge in [-0.3, -0.25) is 9.78 Å². The van der Waals surface area contributed by atoms with Crippen LogP contribution in [0, 0.1) is 0 Å². The van der Waals surface area contributed by atoms with Crippen molar-refractivity contribution in [2.45, 2.75) is 26.2 Å². The lowest BCUT2D eigenvalue weighted by molar-refractivity contribution is 0.112. The topological polar surface area (TPSA) is 30.0 Å². The molecule has 0 aliphatic rings. The summed E-state index contributed by atoms with van der Waals surface area (Å²) in [5.41, 5.74) is 5.17. The molecule has 0 saturated heterocycles. The first kappa shape index (κ1) is 14.5. The third-order valence-electron chi connectivity index (χ3n) is 3.97. The molecule has 0 aliphatic heterocycles. The molecule has 0 amide bonds. The number of para-hydroxylation sites is 1. The van der Waals surface area contributed by atoms with E-state index in [1.165, 1.54) is 11.1 Å². The molecule has 0 aliphatic carbocycles. The van der Waals surface area contributed by atoms with Crippen LogP contribution in [0.4, 0.5) is 0 Å². The Morgan fingerprint density at radius 1 is 1.00 bits per heavy atom. The van der Waals surface area contributed by atoms with Gasteiger partial charge in [0.2, 0.25) is 0 Å². The van der Waals surface area contributed by atoms with Crippen molar-refractivity contribution in [2.24, 2.45) is 0 Å². The van der Waals surface area contributed by atoms with Crippen molar-refractivity contribution >= 4 is 17.2 Å². The van der Waals surface area contributed by atoms with Crippen molar-refractivity contribution in [1.29, 1.82) is 0 Å². The van der Waals surface area contributed by atoms with Gasteiger partial charge >= 0.3 is 0 Å². The lowest BCUT2D eigenvalue weighted by atomic mass is 9.98. The third kappa shape index (κ3) is 2.91. The Morgan fingerprint density at radius 3 is 2.45 bits per heavy atom. The molecule has 0 bridgehead atoms. The molecule has 0 saturated carbocycles. The Hall–Kier alpha value is -2.48. The summed E-state index contributed by atoms with van der Waals surface area (Å²) >= 11 is 0. The average Bonchev–Trinajstić information content (AvgIpc) is 2.57. The fraction of sp³-hybridized carbons (Fsp3) is 0.200. The summed E-state index contributed by atoms with van der Waals surface area (Å²) in [4.78, 5) is 16.0. The second-order valence-electron chi connectivity index (χ2n) is 5.58. The first-order valence-corrected chi connectivity index (χ1v) is 7.71. The molecular weight excluding hydrogens is 270 g/mol. The highest BCUT2D eigenvalue weighted by Crippen LogP contribution is 2.21. The van der Waals surface area contributed by atoms with E-state index in [1.807, 2.05) is 30.5 Å². The SMILES string of the molecule is CCCc1ccc(Cc2cnc3ccccc3c2C=O)cc1. The number of aryl methyl sites for hydroxylation is 1. The molecule has 3 aromatic rings. The van der Waals surface area contributed by atoms with Gasteiger partial charge in [-0.25, -0.2) is 0 Å². The highest BCUT2D eigenvalue weighted by molar-refractivity contribution is 5.97. The summed E-state index contributed by atoms with van der Waals surface area (Å²) in [6.45, 7) is 2.19. The molecule has 2 nitrogen and oxygen atoms in total. The molecule has 0 fully saturated rings. The molecule has 2 heteroatoms. The van der Waals surface area contributed by atoms with Crippen LogP contribution in [0.5, 0.6) is 0 Å². The van der Waals surface area contributed by atoms with E-state index in [0.717, 1.165) is 47.6 Å². The predicted molar refractivity (Wildman–Crippen MR) is 90.4 cm³/mol. The van der Waals surface area contributed by atoms with Crippen molar-refractivity contribution in [3.05, 3.63) is 77.0 Å². The van der Waals surface area contributed by atoms with E-state index in [0.29, 0.717) is 0 Å². The Bertz CT molecular complexity index is 790. The fourth-order valence-corrected chi connectivity index (χ4v) is 2.82.